The first-order valence-corrected chi connectivity index (χ1v) is 6.92. The first kappa shape index (κ1) is 13.3. The molecule has 1 unspecified atom stereocenters. The van der Waals surface area contributed by atoms with Crippen LogP contribution in [0.2, 0.25) is 0 Å². The Bertz CT molecular complexity index is 502. The van der Waals surface area contributed by atoms with E-state index >= 15 is 0 Å². The van der Waals surface area contributed by atoms with Crippen LogP contribution >= 0.6 is 0 Å². The number of ether oxygens (including phenoxy) is 2. The average molecular weight is 269 g/mol. The van der Waals surface area contributed by atoms with E-state index in [1.54, 1.807) is 0 Å². The van der Waals surface area contributed by atoms with Crippen molar-refractivity contribution in [3.05, 3.63) is 71.8 Å². The molecule has 0 amide bonds. The lowest BCUT2D eigenvalue weighted by Gasteiger charge is -2.41. The van der Waals surface area contributed by atoms with Gasteiger partial charge in [-0.05, 0) is 11.1 Å². The molecule has 0 saturated carbocycles. The molecule has 1 saturated heterocycles. The summed E-state index contributed by atoms with van der Waals surface area (Å²) in [5, 5.41) is 0. The largest absolute Gasteiger partial charge is 0.375 e. The van der Waals surface area contributed by atoms with E-state index in [4.69, 9.17) is 15.2 Å². The van der Waals surface area contributed by atoms with E-state index in [1.807, 2.05) is 36.4 Å². The molecule has 0 spiro atoms. The summed E-state index contributed by atoms with van der Waals surface area (Å²) in [5.74, 6) is 0. The third-order valence-electron chi connectivity index (χ3n) is 3.72. The Labute approximate surface area is 119 Å². The van der Waals surface area contributed by atoms with Gasteiger partial charge in [0.05, 0.1) is 19.3 Å². The molecule has 2 N–H and O–H groups in total. The van der Waals surface area contributed by atoms with Crippen LogP contribution in [0.5, 0.6) is 0 Å². The van der Waals surface area contributed by atoms with Crippen LogP contribution in [0.15, 0.2) is 60.7 Å². The Morgan fingerprint density at radius 3 is 2.00 bits per heavy atom. The van der Waals surface area contributed by atoms with Crippen LogP contribution in [0, 0.1) is 0 Å². The van der Waals surface area contributed by atoms with Crippen LogP contribution < -0.4 is 5.73 Å². The van der Waals surface area contributed by atoms with Gasteiger partial charge in [0.15, 0.2) is 0 Å². The van der Waals surface area contributed by atoms with Gasteiger partial charge in [0.25, 0.3) is 0 Å². The van der Waals surface area contributed by atoms with Gasteiger partial charge in [-0.1, -0.05) is 60.7 Å². The molecule has 2 aromatic carbocycles. The van der Waals surface area contributed by atoms with Gasteiger partial charge in [-0.3, -0.25) is 0 Å². The Balaban J connectivity index is 2.08. The zero-order valence-electron chi connectivity index (χ0n) is 11.4. The molecule has 3 heteroatoms. The first-order chi connectivity index (χ1) is 9.85. The second-order valence-corrected chi connectivity index (χ2v) is 5.05. The Kier molecular flexibility index (Phi) is 3.83. The topological polar surface area (TPSA) is 44.5 Å². The van der Waals surface area contributed by atoms with Crippen molar-refractivity contribution in [1.82, 2.24) is 0 Å². The van der Waals surface area contributed by atoms with Crippen LogP contribution in [0.3, 0.4) is 0 Å². The maximum Gasteiger partial charge on any atom is 0.142 e. The number of benzene rings is 2. The van der Waals surface area contributed by atoms with E-state index in [9.17, 15) is 0 Å². The molecular formula is C17H19NO2. The number of hydrogen-bond donors (Lipinski definition) is 1. The van der Waals surface area contributed by atoms with Crippen LogP contribution in [0.25, 0.3) is 0 Å². The SMILES string of the molecule is NCC1COCC(c2ccccc2)(c2ccccc2)O1. The zero-order valence-corrected chi connectivity index (χ0v) is 11.4. The monoisotopic (exact) mass is 269 g/mol. The van der Waals surface area contributed by atoms with Gasteiger partial charge in [-0.25, -0.2) is 0 Å². The molecule has 20 heavy (non-hydrogen) atoms. The minimum absolute atomic E-state index is 0.0795. The van der Waals surface area contributed by atoms with Crippen LogP contribution in [0.4, 0.5) is 0 Å². The van der Waals surface area contributed by atoms with Gasteiger partial charge in [-0.2, -0.15) is 0 Å². The third-order valence-corrected chi connectivity index (χ3v) is 3.72. The summed E-state index contributed by atoms with van der Waals surface area (Å²) in [4.78, 5) is 0. The fraction of sp³-hybridized carbons (Fsp3) is 0.294. The number of hydrogen-bond acceptors (Lipinski definition) is 3. The van der Waals surface area contributed by atoms with Crippen LogP contribution in [-0.4, -0.2) is 25.9 Å². The molecule has 2 aromatic rings. The van der Waals surface area contributed by atoms with Crippen molar-refractivity contribution in [2.24, 2.45) is 5.73 Å². The average Bonchev–Trinajstić information content (AvgIpc) is 2.56. The van der Waals surface area contributed by atoms with Crippen molar-refractivity contribution >= 4 is 0 Å². The minimum atomic E-state index is -0.565. The molecule has 1 aliphatic rings. The van der Waals surface area contributed by atoms with Crippen molar-refractivity contribution in [3.8, 4) is 0 Å². The maximum absolute atomic E-state index is 6.35. The van der Waals surface area contributed by atoms with E-state index < -0.39 is 5.60 Å². The van der Waals surface area contributed by atoms with Gasteiger partial charge in [0.1, 0.15) is 5.60 Å². The molecule has 1 fully saturated rings. The molecule has 1 aliphatic heterocycles. The summed E-state index contributed by atoms with van der Waals surface area (Å²) in [6, 6.07) is 20.4. The fourth-order valence-electron chi connectivity index (χ4n) is 2.69. The summed E-state index contributed by atoms with van der Waals surface area (Å²) in [7, 11) is 0. The maximum atomic E-state index is 6.35. The zero-order chi connectivity index (χ0) is 13.8. The van der Waals surface area contributed by atoms with Crippen LogP contribution in [0.1, 0.15) is 11.1 Å². The Morgan fingerprint density at radius 2 is 1.50 bits per heavy atom. The molecule has 0 aromatic heterocycles. The molecule has 0 aliphatic carbocycles. The molecule has 0 bridgehead atoms. The molecule has 1 atom stereocenters. The molecule has 0 radical (unpaired) electrons. The fourth-order valence-corrected chi connectivity index (χ4v) is 2.69. The van der Waals surface area contributed by atoms with E-state index in [-0.39, 0.29) is 6.10 Å². The van der Waals surface area contributed by atoms with Crippen molar-refractivity contribution in [1.29, 1.82) is 0 Å². The lowest BCUT2D eigenvalue weighted by Crippen LogP contribution is -2.48. The van der Waals surface area contributed by atoms with Crippen molar-refractivity contribution < 1.29 is 9.47 Å². The van der Waals surface area contributed by atoms with Crippen molar-refractivity contribution in [2.75, 3.05) is 19.8 Å². The summed E-state index contributed by atoms with van der Waals surface area (Å²) in [6.45, 7) is 1.52. The quantitative estimate of drug-likeness (QED) is 0.930. The lowest BCUT2D eigenvalue weighted by atomic mass is 9.86. The van der Waals surface area contributed by atoms with Crippen molar-refractivity contribution in [3.63, 3.8) is 0 Å². The molecule has 1 heterocycles. The highest BCUT2D eigenvalue weighted by atomic mass is 16.6. The molecule has 3 rings (SSSR count). The molecule has 104 valence electrons. The summed E-state index contributed by atoms with van der Waals surface area (Å²) < 4.78 is 12.1. The highest BCUT2D eigenvalue weighted by Gasteiger charge is 2.41. The van der Waals surface area contributed by atoms with Crippen molar-refractivity contribution in [2.45, 2.75) is 11.7 Å². The number of rotatable bonds is 3. The standard InChI is InChI=1S/C17H19NO2/c18-11-16-12-19-13-17(20-16,14-7-3-1-4-8-14)15-9-5-2-6-10-15/h1-10,16H,11-13,18H2. The third kappa shape index (κ3) is 2.36. The van der Waals surface area contributed by atoms with E-state index in [1.165, 1.54) is 0 Å². The molecule has 3 nitrogen and oxygen atoms in total. The predicted molar refractivity (Wildman–Crippen MR) is 78.4 cm³/mol. The second-order valence-electron chi connectivity index (χ2n) is 5.05. The minimum Gasteiger partial charge on any atom is -0.375 e. The Hall–Kier alpha value is -1.68. The second kappa shape index (κ2) is 5.75. The highest BCUT2D eigenvalue weighted by molar-refractivity contribution is 5.37. The van der Waals surface area contributed by atoms with Gasteiger partial charge in [0, 0.05) is 6.54 Å². The lowest BCUT2D eigenvalue weighted by molar-refractivity contribution is -0.181. The number of nitrogens with two attached hydrogens (primary N) is 1. The smallest absolute Gasteiger partial charge is 0.142 e. The van der Waals surface area contributed by atoms with Gasteiger partial charge < -0.3 is 15.2 Å². The Morgan fingerprint density at radius 1 is 0.950 bits per heavy atom. The first-order valence-electron chi connectivity index (χ1n) is 6.92. The van der Waals surface area contributed by atoms with Crippen LogP contribution in [-0.2, 0) is 15.1 Å². The van der Waals surface area contributed by atoms with Gasteiger partial charge >= 0.3 is 0 Å². The summed E-state index contributed by atoms with van der Waals surface area (Å²) in [6.07, 6.45) is -0.0795. The summed E-state index contributed by atoms with van der Waals surface area (Å²) in [5.41, 5.74) is 7.41. The summed E-state index contributed by atoms with van der Waals surface area (Å²) >= 11 is 0. The normalized spacial score (nSPS) is 21.6. The van der Waals surface area contributed by atoms with Gasteiger partial charge in [0.2, 0.25) is 0 Å². The highest BCUT2D eigenvalue weighted by Crippen LogP contribution is 2.37. The van der Waals surface area contributed by atoms with E-state index in [2.05, 4.69) is 24.3 Å². The van der Waals surface area contributed by atoms with E-state index in [0.717, 1.165) is 11.1 Å². The van der Waals surface area contributed by atoms with Gasteiger partial charge in [-0.15, -0.1) is 0 Å². The molecular weight excluding hydrogens is 250 g/mol. The predicted octanol–water partition coefficient (Wildman–Crippen LogP) is 2.30. The van der Waals surface area contributed by atoms with E-state index in [0.29, 0.717) is 19.8 Å².